The zero-order valence-corrected chi connectivity index (χ0v) is 6.64. The summed E-state index contributed by atoms with van der Waals surface area (Å²) in [4.78, 5) is 0. The highest BCUT2D eigenvalue weighted by atomic mass is 19.1. The molecule has 1 saturated heterocycles. The minimum atomic E-state index is -0.328. The van der Waals surface area contributed by atoms with Crippen LogP contribution in [0.15, 0.2) is 0 Å². The van der Waals surface area contributed by atoms with E-state index in [0.29, 0.717) is 11.8 Å². The van der Waals surface area contributed by atoms with E-state index in [0.717, 1.165) is 13.0 Å². The molecule has 0 unspecified atom stereocenters. The molecule has 0 radical (unpaired) electrons. The number of hydrogen-bond donors (Lipinski definition) is 0. The van der Waals surface area contributed by atoms with Crippen molar-refractivity contribution in [3.05, 3.63) is 0 Å². The van der Waals surface area contributed by atoms with E-state index in [1.165, 1.54) is 0 Å². The van der Waals surface area contributed by atoms with Crippen LogP contribution in [-0.4, -0.2) is 19.4 Å². The van der Waals surface area contributed by atoms with E-state index in [9.17, 15) is 4.39 Å². The van der Waals surface area contributed by atoms with E-state index >= 15 is 0 Å². The molecule has 0 aromatic carbocycles. The lowest BCUT2D eigenvalue weighted by Gasteiger charge is -2.32. The van der Waals surface area contributed by atoms with Gasteiger partial charge in [0, 0.05) is 6.61 Å². The van der Waals surface area contributed by atoms with Crippen LogP contribution < -0.4 is 0 Å². The SMILES string of the molecule is C[C@H]1[C@@H](C)CCO[C@@H]1CF. The standard InChI is InChI=1S/C8H15FO/c1-6-3-4-10-8(5-9)7(6)2/h6-8H,3-5H2,1-2H3/t6-,7-,8+/m0/s1. The zero-order chi connectivity index (χ0) is 7.56. The van der Waals surface area contributed by atoms with E-state index in [-0.39, 0.29) is 12.8 Å². The van der Waals surface area contributed by atoms with Crippen LogP contribution >= 0.6 is 0 Å². The molecule has 0 bridgehead atoms. The molecule has 0 spiro atoms. The summed E-state index contributed by atoms with van der Waals surface area (Å²) in [5.41, 5.74) is 0. The maximum Gasteiger partial charge on any atom is 0.116 e. The van der Waals surface area contributed by atoms with Crippen LogP contribution in [0.25, 0.3) is 0 Å². The van der Waals surface area contributed by atoms with Gasteiger partial charge in [-0.25, -0.2) is 4.39 Å². The Morgan fingerprint density at radius 1 is 1.50 bits per heavy atom. The highest BCUT2D eigenvalue weighted by molar-refractivity contribution is 4.75. The number of alkyl halides is 1. The van der Waals surface area contributed by atoms with Crippen LogP contribution in [0.4, 0.5) is 4.39 Å². The van der Waals surface area contributed by atoms with E-state index in [1.807, 2.05) is 0 Å². The molecule has 60 valence electrons. The van der Waals surface area contributed by atoms with E-state index in [1.54, 1.807) is 0 Å². The van der Waals surface area contributed by atoms with Gasteiger partial charge < -0.3 is 4.74 Å². The molecule has 10 heavy (non-hydrogen) atoms. The summed E-state index contributed by atoms with van der Waals surface area (Å²) in [6.07, 6.45) is 0.946. The second kappa shape index (κ2) is 3.33. The Bertz CT molecular complexity index is 105. The van der Waals surface area contributed by atoms with Crippen LogP contribution in [0.3, 0.4) is 0 Å². The fraction of sp³-hybridized carbons (Fsp3) is 1.00. The van der Waals surface area contributed by atoms with E-state index < -0.39 is 0 Å². The van der Waals surface area contributed by atoms with Gasteiger partial charge in [-0.3, -0.25) is 0 Å². The Morgan fingerprint density at radius 2 is 2.20 bits per heavy atom. The van der Waals surface area contributed by atoms with Crippen LogP contribution in [0.5, 0.6) is 0 Å². The number of ether oxygens (including phenoxy) is 1. The third kappa shape index (κ3) is 1.48. The van der Waals surface area contributed by atoms with Crippen LogP contribution in [0, 0.1) is 11.8 Å². The molecule has 0 aliphatic carbocycles. The van der Waals surface area contributed by atoms with Gasteiger partial charge in [0.15, 0.2) is 0 Å². The Morgan fingerprint density at radius 3 is 2.70 bits per heavy atom. The summed E-state index contributed by atoms with van der Waals surface area (Å²) in [6.45, 7) is 4.63. The largest absolute Gasteiger partial charge is 0.375 e. The molecular weight excluding hydrogens is 131 g/mol. The predicted molar refractivity (Wildman–Crippen MR) is 38.7 cm³/mol. The average Bonchev–Trinajstić information content (AvgIpc) is 1.95. The van der Waals surface area contributed by atoms with Crippen molar-refractivity contribution in [1.82, 2.24) is 0 Å². The Hall–Kier alpha value is -0.110. The number of rotatable bonds is 1. The molecule has 3 atom stereocenters. The van der Waals surface area contributed by atoms with Gasteiger partial charge in [-0.05, 0) is 18.3 Å². The van der Waals surface area contributed by atoms with Gasteiger partial charge in [-0.2, -0.15) is 0 Å². The fourth-order valence-electron chi connectivity index (χ4n) is 1.37. The van der Waals surface area contributed by atoms with Gasteiger partial charge in [0.05, 0.1) is 6.10 Å². The highest BCUT2D eigenvalue weighted by Crippen LogP contribution is 2.26. The minimum absolute atomic E-state index is 0.135. The van der Waals surface area contributed by atoms with Crippen LogP contribution in [-0.2, 0) is 4.74 Å². The van der Waals surface area contributed by atoms with Crippen molar-refractivity contribution in [1.29, 1.82) is 0 Å². The number of hydrogen-bond acceptors (Lipinski definition) is 1. The van der Waals surface area contributed by atoms with Crippen molar-refractivity contribution < 1.29 is 9.13 Å². The lowest BCUT2D eigenvalue weighted by molar-refractivity contribution is -0.0564. The molecule has 0 aromatic heterocycles. The first kappa shape index (κ1) is 7.99. The van der Waals surface area contributed by atoms with Gasteiger partial charge in [0.2, 0.25) is 0 Å². The lowest BCUT2D eigenvalue weighted by atomic mass is 9.87. The Kier molecular flexibility index (Phi) is 2.66. The summed E-state index contributed by atoms with van der Waals surface area (Å²) >= 11 is 0. The number of halogens is 1. The van der Waals surface area contributed by atoms with Crippen molar-refractivity contribution in [3.63, 3.8) is 0 Å². The molecule has 2 heteroatoms. The van der Waals surface area contributed by atoms with Gasteiger partial charge in [-0.15, -0.1) is 0 Å². The third-order valence-corrected chi connectivity index (χ3v) is 2.54. The minimum Gasteiger partial charge on any atom is -0.375 e. The first-order chi connectivity index (χ1) is 4.75. The molecule has 1 fully saturated rings. The average molecular weight is 146 g/mol. The summed E-state index contributed by atoms with van der Waals surface area (Å²) < 4.78 is 17.4. The quantitative estimate of drug-likeness (QED) is 0.550. The molecule has 0 aromatic rings. The maximum atomic E-state index is 12.2. The summed E-state index contributed by atoms with van der Waals surface area (Å²) in [5.74, 6) is 1.01. The zero-order valence-electron chi connectivity index (χ0n) is 6.64. The predicted octanol–water partition coefficient (Wildman–Crippen LogP) is 2.02. The van der Waals surface area contributed by atoms with Crippen molar-refractivity contribution in [2.24, 2.45) is 11.8 Å². The Labute approximate surface area is 61.6 Å². The molecule has 0 N–H and O–H groups in total. The smallest absolute Gasteiger partial charge is 0.116 e. The highest BCUT2D eigenvalue weighted by Gasteiger charge is 2.27. The maximum absolute atomic E-state index is 12.2. The van der Waals surface area contributed by atoms with Crippen molar-refractivity contribution in [2.45, 2.75) is 26.4 Å². The van der Waals surface area contributed by atoms with Crippen molar-refractivity contribution in [2.75, 3.05) is 13.3 Å². The van der Waals surface area contributed by atoms with Gasteiger partial charge in [-0.1, -0.05) is 13.8 Å². The monoisotopic (exact) mass is 146 g/mol. The lowest BCUT2D eigenvalue weighted by Crippen LogP contribution is -2.34. The second-order valence-electron chi connectivity index (χ2n) is 3.19. The molecule has 1 rings (SSSR count). The van der Waals surface area contributed by atoms with Gasteiger partial charge >= 0.3 is 0 Å². The molecule has 0 amide bonds. The first-order valence-electron chi connectivity index (χ1n) is 3.93. The molecule has 1 heterocycles. The normalized spacial score (nSPS) is 41.7. The summed E-state index contributed by atoms with van der Waals surface area (Å²) in [5, 5.41) is 0. The molecule has 1 aliphatic rings. The van der Waals surface area contributed by atoms with Gasteiger partial charge in [0.25, 0.3) is 0 Å². The van der Waals surface area contributed by atoms with E-state index in [2.05, 4.69) is 13.8 Å². The van der Waals surface area contributed by atoms with Crippen molar-refractivity contribution in [3.8, 4) is 0 Å². The Balaban J connectivity index is 2.42. The summed E-state index contributed by atoms with van der Waals surface area (Å²) in [6, 6.07) is 0. The third-order valence-electron chi connectivity index (χ3n) is 2.54. The molecule has 1 aliphatic heterocycles. The van der Waals surface area contributed by atoms with Crippen LogP contribution in [0.1, 0.15) is 20.3 Å². The fourth-order valence-corrected chi connectivity index (χ4v) is 1.37. The van der Waals surface area contributed by atoms with Crippen molar-refractivity contribution >= 4 is 0 Å². The first-order valence-corrected chi connectivity index (χ1v) is 3.93. The topological polar surface area (TPSA) is 9.23 Å². The second-order valence-corrected chi connectivity index (χ2v) is 3.19. The van der Waals surface area contributed by atoms with Gasteiger partial charge in [0.1, 0.15) is 6.67 Å². The molecule has 1 nitrogen and oxygen atoms in total. The summed E-state index contributed by atoms with van der Waals surface area (Å²) in [7, 11) is 0. The molecular formula is C8H15FO. The van der Waals surface area contributed by atoms with Crippen LogP contribution in [0.2, 0.25) is 0 Å². The molecule has 0 saturated carbocycles. The van der Waals surface area contributed by atoms with E-state index in [4.69, 9.17) is 4.74 Å².